The number of thioether (sulfide) groups is 1. The number of allylic oxidation sites excluding steroid dienone is 1. The number of rotatable bonds is 7. The summed E-state index contributed by atoms with van der Waals surface area (Å²) < 4.78 is 0.449. The Bertz CT molecular complexity index is 1860. The van der Waals surface area contributed by atoms with Gasteiger partial charge in [0.15, 0.2) is 5.78 Å². The van der Waals surface area contributed by atoms with Gasteiger partial charge in [0.1, 0.15) is 0 Å². The van der Waals surface area contributed by atoms with Gasteiger partial charge in [-0.05, 0) is 96.5 Å². The number of fused-ring (bicyclic) bond motifs is 3. The van der Waals surface area contributed by atoms with Gasteiger partial charge in [0, 0.05) is 23.3 Å². The van der Waals surface area contributed by atoms with Gasteiger partial charge in [-0.3, -0.25) is 9.59 Å². The largest absolute Gasteiger partial charge is 0.481 e. The molecule has 1 aliphatic carbocycles. The number of anilines is 2. The lowest BCUT2D eigenvalue weighted by atomic mass is 9.94. The minimum absolute atomic E-state index is 0.180. The molecule has 2 fully saturated rings. The molecule has 3 unspecified atom stereocenters. The SMILES string of the molecule is Cc1ccc(C(=Cc2ccc(N3c4ccc(/C=C5\SC(=S)C(CC(=O)O)C5=O)cc4C4CCCC43)cc2)c2ccc(C)cc2)cc1. The number of aryl methyl sites for hydroxylation is 2. The fourth-order valence-corrected chi connectivity index (χ4v) is 8.56. The maximum absolute atomic E-state index is 12.9. The molecule has 0 radical (unpaired) electrons. The lowest BCUT2D eigenvalue weighted by molar-refractivity contribution is -0.139. The summed E-state index contributed by atoms with van der Waals surface area (Å²) in [7, 11) is 0. The molecule has 4 nitrogen and oxygen atoms in total. The highest BCUT2D eigenvalue weighted by molar-refractivity contribution is 8.27. The molecule has 0 amide bonds. The average Bonchev–Trinajstić information content (AvgIpc) is 3.71. The summed E-state index contributed by atoms with van der Waals surface area (Å²) in [5.41, 5.74) is 11.9. The van der Waals surface area contributed by atoms with Gasteiger partial charge >= 0.3 is 5.97 Å². The fourth-order valence-electron chi connectivity index (χ4n) is 7.11. The summed E-state index contributed by atoms with van der Waals surface area (Å²) in [6.07, 6.45) is 7.39. The molecule has 1 N–H and O–H groups in total. The first-order chi connectivity index (χ1) is 22.2. The minimum Gasteiger partial charge on any atom is -0.481 e. The van der Waals surface area contributed by atoms with Gasteiger partial charge in [-0.1, -0.05) is 108 Å². The fraction of sp³-hybridized carbons (Fsp3) is 0.225. The average molecular weight is 642 g/mol. The molecule has 2 aliphatic heterocycles. The molecule has 6 heteroatoms. The summed E-state index contributed by atoms with van der Waals surface area (Å²) >= 11 is 6.59. The molecule has 1 saturated carbocycles. The molecule has 0 aromatic heterocycles. The molecule has 230 valence electrons. The van der Waals surface area contributed by atoms with E-state index in [0.717, 1.165) is 24.0 Å². The molecule has 2 heterocycles. The molecule has 7 rings (SSSR count). The maximum Gasteiger partial charge on any atom is 0.304 e. The molecule has 3 aliphatic rings. The number of Topliss-reactive ketones (excluding diaryl/α,β-unsaturated/α-hetero) is 1. The van der Waals surface area contributed by atoms with E-state index in [9.17, 15) is 14.7 Å². The van der Waals surface area contributed by atoms with Crippen LogP contribution in [0.5, 0.6) is 0 Å². The Labute approximate surface area is 279 Å². The lowest BCUT2D eigenvalue weighted by Gasteiger charge is -2.27. The van der Waals surface area contributed by atoms with Crippen LogP contribution in [0, 0.1) is 19.8 Å². The highest BCUT2D eigenvalue weighted by atomic mass is 32.2. The Morgan fingerprint density at radius 1 is 0.891 bits per heavy atom. The first-order valence-electron chi connectivity index (χ1n) is 15.8. The summed E-state index contributed by atoms with van der Waals surface area (Å²) in [5.74, 6) is -1.47. The normalized spacial score (nSPS) is 21.0. The predicted octanol–water partition coefficient (Wildman–Crippen LogP) is 9.76. The van der Waals surface area contributed by atoms with E-state index in [0.29, 0.717) is 21.1 Å². The summed E-state index contributed by atoms with van der Waals surface area (Å²) in [5, 5.41) is 9.21. The first-order valence-corrected chi connectivity index (χ1v) is 17.1. The second-order valence-corrected chi connectivity index (χ2v) is 14.4. The van der Waals surface area contributed by atoms with Crippen LogP contribution in [0.1, 0.15) is 70.5 Å². The molecule has 4 aromatic rings. The lowest BCUT2D eigenvalue weighted by Crippen LogP contribution is -2.26. The molecule has 1 saturated heterocycles. The van der Waals surface area contributed by atoms with E-state index in [1.807, 2.05) is 6.08 Å². The second-order valence-electron chi connectivity index (χ2n) is 12.6. The Morgan fingerprint density at radius 3 is 2.15 bits per heavy atom. The first kappa shape index (κ1) is 30.4. The van der Waals surface area contributed by atoms with Crippen molar-refractivity contribution in [1.82, 2.24) is 0 Å². The molecular formula is C40H35NO3S2. The smallest absolute Gasteiger partial charge is 0.304 e. The van der Waals surface area contributed by atoms with Crippen LogP contribution in [-0.2, 0) is 9.59 Å². The van der Waals surface area contributed by atoms with Crippen LogP contribution >= 0.6 is 24.0 Å². The van der Waals surface area contributed by atoms with Crippen LogP contribution in [-0.4, -0.2) is 27.1 Å². The zero-order chi connectivity index (χ0) is 31.9. The van der Waals surface area contributed by atoms with Crippen molar-refractivity contribution in [3.63, 3.8) is 0 Å². The van der Waals surface area contributed by atoms with Gasteiger partial charge in [-0.15, -0.1) is 0 Å². The molecule has 0 bridgehead atoms. The quantitative estimate of drug-likeness (QED) is 0.123. The van der Waals surface area contributed by atoms with Gasteiger partial charge in [-0.2, -0.15) is 0 Å². The number of benzene rings is 4. The van der Waals surface area contributed by atoms with Crippen LogP contribution in [0.15, 0.2) is 95.9 Å². The van der Waals surface area contributed by atoms with E-state index in [-0.39, 0.29) is 12.2 Å². The van der Waals surface area contributed by atoms with Gasteiger partial charge in [-0.25, -0.2) is 0 Å². The number of carboxylic acids is 1. The highest BCUT2D eigenvalue weighted by Crippen LogP contribution is 2.52. The monoisotopic (exact) mass is 641 g/mol. The highest BCUT2D eigenvalue weighted by Gasteiger charge is 2.42. The summed E-state index contributed by atoms with van der Waals surface area (Å²) in [4.78, 5) is 27.2. The number of ketones is 1. The number of thiocarbonyl (C=S) groups is 1. The zero-order valence-corrected chi connectivity index (χ0v) is 27.5. The zero-order valence-electron chi connectivity index (χ0n) is 25.9. The molecular weight excluding hydrogens is 607 g/mol. The van der Waals surface area contributed by atoms with Crippen molar-refractivity contribution in [1.29, 1.82) is 0 Å². The molecule has 3 atom stereocenters. The third-order valence-electron chi connectivity index (χ3n) is 9.46. The van der Waals surface area contributed by atoms with E-state index in [4.69, 9.17) is 12.2 Å². The molecule has 46 heavy (non-hydrogen) atoms. The van der Waals surface area contributed by atoms with Gasteiger partial charge < -0.3 is 10.0 Å². The number of carbonyl (C=O) groups excluding carboxylic acids is 1. The number of nitrogens with zero attached hydrogens (tertiary/aromatic N) is 1. The van der Waals surface area contributed by atoms with Gasteiger partial charge in [0.2, 0.25) is 0 Å². The van der Waals surface area contributed by atoms with E-state index in [2.05, 4.69) is 116 Å². The van der Waals surface area contributed by atoms with Crippen LogP contribution in [0.2, 0.25) is 0 Å². The predicted molar refractivity (Wildman–Crippen MR) is 194 cm³/mol. The maximum atomic E-state index is 12.9. The molecule has 0 spiro atoms. The van der Waals surface area contributed by atoms with Crippen molar-refractivity contribution in [3.8, 4) is 0 Å². The summed E-state index contributed by atoms with van der Waals surface area (Å²) in [6, 6.07) is 33.3. The van der Waals surface area contributed by atoms with Gasteiger partial charge in [0.25, 0.3) is 0 Å². The van der Waals surface area contributed by atoms with Crippen LogP contribution < -0.4 is 4.90 Å². The van der Waals surface area contributed by atoms with Crippen LogP contribution in [0.25, 0.3) is 17.7 Å². The number of carboxylic acid groups (broad SMARTS) is 1. The van der Waals surface area contributed by atoms with Crippen LogP contribution in [0.4, 0.5) is 11.4 Å². The minimum atomic E-state index is -1.01. The Balaban J connectivity index is 1.19. The number of hydrogen-bond acceptors (Lipinski definition) is 5. The van der Waals surface area contributed by atoms with E-state index in [1.54, 1.807) is 0 Å². The number of hydrogen-bond donors (Lipinski definition) is 1. The van der Waals surface area contributed by atoms with Crippen molar-refractivity contribution >= 4 is 69.0 Å². The van der Waals surface area contributed by atoms with Crippen molar-refractivity contribution in [2.45, 2.75) is 51.5 Å². The second kappa shape index (κ2) is 12.5. The van der Waals surface area contributed by atoms with Crippen molar-refractivity contribution < 1.29 is 14.7 Å². The number of aliphatic carboxylic acids is 1. The molecule has 4 aromatic carbocycles. The summed E-state index contributed by atoms with van der Waals surface area (Å²) in [6.45, 7) is 4.23. The van der Waals surface area contributed by atoms with Crippen molar-refractivity contribution in [2.75, 3.05) is 4.90 Å². The standard InChI is InChI=1S/C40H35NO3S2/c1-24-6-13-28(14-7-24)32(29-15-8-25(2)9-16-29)20-26-10-17-30(18-11-26)41-35-5-3-4-31(35)33-21-27(12-19-36(33)41)22-37-39(44)34(23-38(42)43)40(45)46-37/h6-22,31,34-35H,3-5,23H2,1-2H3,(H,42,43)/b37-22-. The topological polar surface area (TPSA) is 57.6 Å². The Hall–Kier alpha value is -4.26. The van der Waals surface area contributed by atoms with Crippen molar-refractivity contribution in [2.24, 2.45) is 5.92 Å². The Kier molecular flexibility index (Phi) is 8.26. The van der Waals surface area contributed by atoms with Crippen molar-refractivity contribution in [3.05, 3.63) is 135 Å². The van der Waals surface area contributed by atoms with E-state index >= 15 is 0 Å². The number of carbonyl (C=O) groups is 2. The third-order valence-corrected chi connectivity index (χ3v) is 11.0. The van der Waals surface area contributed by atoms with Gasteiger partial charge in [0.05, 0.1) is 21.4 Å². The van der Waals surface area contributed by atoms with E-state index < -0.39 is 11.9 Å². The third kappa shape index (κ3) is 5.88. The Morgan fingerprint density at radius 2 is 1.52 bits per heavy atom. The van der Waals surface area contributed by atoms with Crippen LogP contribution in [0.3, 0.4) is 0 Å². The van der Waals surface area contributed by atoms with E-state index in [1.165, 1.54) is 62.9 Å².